The van der Waals surface area contributed by atoms with Crippen molar-refractivity contribution in [2.45, 2.75) is 39.0 Å². The van der Waals surface area contributed by atoms with E-state index in [2.05, 4.69) is 29.0 Å². The van der Waals surface area contributed by atoms with Gasteiger partial charge in [0.25, 0.3) is 0 Å². The molecule has 0 bridgehead atoms. The molecule has 0 atom stereocenters. The topological polar surface area (TPSA) is 25.8 Å². The van der Waals surface area contributed by atoms with E-state index in [1.807, 2.05) is 6.20 Å². The van der Waals surface area contributed by atoms with E-state index >= 15 is 0 Å². The third-order valence-electron chi connectivity index (χ3n) is 3.20. The maximum atomic E-state index is 5.93. The van der Waals surface area contributed by atoms with Crippen LogP contribution >= 0.6 is 23.2 Å². The normalized spacial score (nSPS) is 10.8. The van der Waals surface area contributed by atoms with Crippen LogP contribution in [0.15, 0.2) is 30.5 Å². The van der Waals surface area contributed by atoms with Gasteiger partial charge in [-0.05, 0) is 42.7 Å². The monoisotopic (exact) mass is 308 g/mol. The Hall–Kier alpha value is -1.12. The van der Waals surface area contributed by atoms with E-state index in [0.29, 0.717) is 10.3 Å². The van der Waals surface area contributed by atoms with Crippen molar-refractivity contribution >= 4 is 23.2 Å². The molecule has 0 aliphatic rings. The highest BCUT2D eigenvalue weighted by molar-refractivity contribution is 6.32. The summed E-state index contributed by atoms with van der Waals surface area (Å²) in [6.07, 6.45) is 7.98. The zero-order chi connectivity index (χ0) is 14.4. The SMILES string of the molecule is CCCCCCc1ccnc(-c2cc(Cl)nc(Cl)c2)c1. The molecule has 0 N–H and O–H groups in total. The highest BCUT2D eigenvalue weighted by atomic mass is 35.5. The predicted molar refractivity (Wildman–Crippen MR) is 85.3 cm³/mol. The molecule has 2 heterocycles. The lowest BCUT2D eigenvalue weighted by molar-refractivity contribution is 0.666. The van der Waals surface area contributed by atoms with Gasteiger partial charge in [-0.2, -0.15) is 0 Å². The largest absolute Gasteiger partial charge is 0.256 e. The van der Waals surface area contributed by atoms with Crippen molar-refractivity contribution in [3.05, 3.63) is 46.3 Å². The third-order valence-corrected chi connectivity index (χ3v) is 3.59. The molecule has 0 aliphatic carbocycles. The molecule has 106 valence electrons. The highest BCUT2D eigenvalue weighted by Gasteiger charge is 2.05. The molecule has 0 radical (unpaired) electrons. The lowest BCUT2D eigenvalue weighted by Crippen LogP contribution is -1.91. The molecule has 0 unspecified atom stereocenters. The minimum absolute atomic E-state index is 0.391. The van der Waals surface area contributed by atoms with Crippen molar-refractivity contribution in [3.8, 4) is 11.3 Å². The molecule has 0 amide bonds. The second-order valence-corrected chi connectivity index (χ2v) is 5.64. The van der Waals surface area contributed by atoms with Gasteiger partial charge < -0.3 is 0 Å². The van der Waals surface area contributed by atoms with E-state index < -0.39 is 0 Å². The molecule has 0 aliphatic heterocycles. The summed E-state index contributed by atoms with van der Waals surface area (Å²) in [6, 6.07) is 7.75. The fourth-order valence-electron chi connectivity index (χ4n) is 2.16. The zero-order valence-corrected chi connectivity index (χ0v) is 13.1. The summed E-state index contributed by atoms with van der Waals surface area (Å²) in [7, 11) is 0. The maximum absolute atomic E-state index is 5.93. The van der Waals surface area contributed by atoms with Crippen molar-refractivity contribution in [3.63, 3.8) is 0 Å². The van der Waals surface area contributed by atoms with Crippen LogP contribution in [0.1, 0.15) is 38.2 Å². The molecule has 0 saturated heterocycles. The molecule has 2 aromatic rings. The fraction of sp³-hybridized carbons (Fsp3) is 0.375. The van der Waals surface area contributed by atoms with Crippen LogP contribution in [-0.2, 0) is 6.42 Å². The number of unbranched alkanes of at least 4 members (excludes halogenated alkanes) is 3. The van der Waals surface area contributed by atoms with Gasteiger partial charge in [0.1, 0.15) is 10.3 Å². The third kappa shape index (κ3) is 4.46. The van der Waals surface area contributed by atoms with Crippen LogP contribution in [0, 0.1) is 0 Å². The molecule has 0 fully saturated rings. The lowest BCUT2D eigenvalue weighted by atomic mass is 10.0. The molecular weight excluding hydrogens is 291 g/mol. The van der Waals surface area contributed by atoms with Crippen LogP contribution in [0.5, 0.6) is 0 Å². The van der Waals surface area contributed by atoms with Crippen LogP contribution in [-0.4, -0.2) is 9.97 Å². The van der Waals surface area contributed by atoms with Crippen molar-refractivity contribution in [1.82, 2.24) is 9.97 Å². The first kappa shape index (κ1) is 15.3. The zero-order valence-electron chi connectivity index (χ0n) is 11.6. The minimum Gasteiger partial charge on any atom is -0.256 e. The Morgan fingerprint density at radius 3 is 2.45 bits per heavy atom. The van der Waals surface area contributed by atoms with Gasteiger partial charge in [0.2, 0.25) is 0 Å². The number of hydrogen-bond acceptors (Lipinski definition) is 2. The number of aromatic nitrogens is 2. The molecule has 2 aromatic heterocycles. The smallest absolute Gasteiger partial charge is 0.131 e. The first-order valence-electron chi connectivity index (χ1n) is 6.97. The van der Waals surface area contributed by atoms with E-state index in [4.69, 9.17) is 23.2 Å². The summed E-state index contributed by atoms with van der Waals surface area (Å²) in [5.74, 6) is 0. The van der Waals surface area contributed by atoms with Crippen LogP contribution < -0.4 is 0 Å². The summed E-state index contributed by atoms with van der Waals surface area (Å²) in [6.45, 7) is 2.22. The Morgan fingerprint density at radius 1 is 1.00 bits per heavy atom. The molecule has 2 rings (SSSR count). The van der Waals surface area contributed by atoms with E-state index in [-0.39, 0.29) is 0 Å². The van der Waals surface area contributed by atoms with Crippen LogP contribution in [0.3, 0.4) is 0 Å². The van der Waals surface area contributed by atoms with Gasteiger partial charge in [0.05, 0.1) is 5.69 Å². The molecule has 0 saturated carbocycles. The molecule has 0 spiro atoms. The van der Waals surface area contributed by atoms with E-state index in [1.54, 1.807) is 12.1 Å². The summed E-state index contributed by atoms with van der Waals surface area (Å²) in [4.78, 5) is 8.35. The molecule has 0 aromatic carbocycles. The second kappa shape index (κ2) is 7.61. The van der Waals surface area contributed by atoms with Crippen LogP contribution in [0.4, 0.5) is 0 Å². The first-order chi connectivity index (χ1) is 9.69. The number of nitrogens with zero attached hydrogens (tertiary/aromatic N) is 2. The average Bonchev–Trinajstić information content (AvgIpc) is 2.43. The van der Waals surface area contributed by atoms with Crippen LogP contribution in [0.2, 0.25) is 10.3 Å². The van der Waals surface area contributed by atoms with Gasteiger partial charge in [-0.25, -0.2) is 4.98 Å². The fourth-order valence-corrected chi connectivity index (χ4v) is 2.62. The van der Waals surface area contributed by atoms with Crippen LogP contribution in [0.25, 0.3) is 11.3 Å². The number of rotatable bonds is 6. The first-order valence-corrected chi connectivity index (χ1v) is 7.73. The van der Waals surface area contributed by atoms with Crippen molar-refractivity contribution in [2.75, 3.05) is 0 Å². The summed E-state index contributed by atoms with van der Waals surface area (Å²) >= 11 is 11.9. The van der Waals surface area contributed by atoms with E-state index in [1.165, 1.54) is 31.2 Å². The number of pyridine rings is 2. The van der Waals surface area contributed by atoms with Crippen molar-refractivity contribution < 1.29 is 0 Å². The molecule has 4 heteroatoms. The quantitative estimate of drug-likeness (QED) is 0.514. The van der Waals surface area contributed by atoms with E-state index in [0.717, 1.165) is 17.7 Å². The molecule has 20 heavy (non-hydrogen) atoms. The van der Waals surface area contributed by atoms with E-state index in [9.17, 15) is 0 Å². The Morgan fingerprint density at radius 2 is 1.75 bits per heavy atom. The maximum Gasteiger partial charge on any atom is 0.131 e. The van der Waals surface area contributed by atoms with Crippen molar-refractivity contribution in [1.29, 1.82) is 0 Å². The second-order valence-electron chi connectivity index (χ2n) is 4.86. The number of halogens is 2. The van der Waals surface area contributed by atoms with Gasteiger partial charge in [0.15, 0.2) is 0 Å². The summed E-state index contributed by atoms with van der Waals surface area (Å²) < 4.78 is 0. The number of hydrogen-bond donors (Lipinski definition) is 0. The summed E-state index contributed by atoms with van der Waals surface area (Å²) in [5.41, 5.74) is 3.10. The Balaban J connectivity index is 2.12. The van der Waals surface area contributed by atoms with Gasteiger partial charge >= 0.3 is 0 Å². The molecule has 2 nitrogen and oxygen atoms in total. The summed E-state index contributed by atoms with van der Waals surface area (Å²) in [5, 5.41) is 0.783. The van der Waals surface area contributed by atoms with Gasteiger partial charge in [0, 0.05) is 11.8 Å². The van der Waals surface area contributed by atoms with Crippen molar-refractivity contribution in [2.24, 2.45) is 0 Å². The highest BCUT2D eigenvalue weighted by Crippen LogP contribution is 2.24. The predicted octanol–water partition coefficient (Wildman–Crippen LogP) is 5.57. The Kier molecular flexibility index (Phi) is 5.81. The minimum atomic E-state index is 0.391. The lowest BCUT2D eigenvalue weighted by Gasteiger charge is -2.06. The van der Waals surface area contributed by atoms with Gasteiger partial charge in [-0.1, -0.05) is 49.4 Å². The van der Waals surface area contributed by atoms with Gasteiger partial charge in [-0.15, -0.1) is 0 Å². The van der Waals surface area contributed by atoms with Gasteiger partial charge in [-0.3, -0.25) is 4.98 Å². The Labute approximate surface area is 130 Å². The number of aryl methyl sites for hydroxylation is 1. The molecular formula is C16H18Cl2N2. The standard InChI is InChI=1S/C16H18Cl2N2/c1-2-3-4-5-6-12-7-8-19-14(9-12)13-10-15(17)20-16(18)11-13/h7-11H,2-6H2,1H3. The Bertz CT molecular complexity index is 550. The average molecular weight is 309 g/mol.